The molecule has 4 aliphatic rings. The van der Waals surface area contributed by atoms with Crippen LogP contribution >= 0.6 is 0 Å². The number of hydrogen-bond acceptors (Lipinski definition) is 10. The summed E-state index contributed by atoms with van der Waals surface area (Å²) in [5.74, 6) is -0.137. The molecule has 3 N–H and O–H groups in total. The fourth-order valence-electron chi connectivity index (χ4n) is 5.08. The number of ether oxygens (including phenoxy) is 4. The Hall–Kier alpha value is -4.73. The molecule has 0 saturated carbocycles. The second kappa shape index (κ2) is 14.2. The van der Waals surface area contributed by atoms with Gasteiger partial charge in [-0.05, 0) is 48.5 Å². The zero-order valence-electron chi connectivity index (χ0n) is 24.0. The maximum Gasteiger partial charge on any atom is 0.414 e. The number of amides is 5. The van der Waals surface area contributed by atoms with Crippen LogP contribution in [0.25, 0.3) is 0 Å². The van der Waals surface area contributed by atoms with Crippen LogP contribution in [0.2, 0.25) is 0 Å². The molecule has 4 fully saturated rings. The highest BCUT2D eigenvalue weighted by Crippen LogP contribution is 2.27. The second-order valence-corrected chi connectivity index (χ2v) is 10.2. The maximum absolute atomic E-state index is 11.9. The van der Waals surface area contributed by atoms with Crippen LogP contribution in [0.4, 0.5) is 32.3 Å². The van der Waals surface area contributed by atoms with Gasteiger partial charge in [0.15, 0.2) is 0 Å². The Kier molecular flexibility index (Phi) is 9.89. The number of anilines is 4. The Bertz CT molecular complexity index is 1360. The number of benzene rings is 2. The van der Waals surface area contributed by atoms with Crippen LogP contribution in [0.1, 0.15) is 0 Å². The van der Waals surface area contributed by atoms with E-state index in [1.807, 2.05) is 12.1 Å². The van der Waals surface area contributed by atoms with Gasteiger partial charge in [0.05, 0.1) is 32.8 Å². The van der Waals surface area contributed by atoms with E-state index in [1.165, 1.54) is 4.90 Å². The van der Waals surface area contributed by atoms with E-state index >= 15 is 0 Å². The van der Waals surface area contributed by atoms with Gasteiger partial charge in [-0.25, -0.2) is 9.59 Å². The van der Waals surface area contributed by atoms with E-state index in [4.69, 9.17) is 24.7 Å². The molecule has 44 heavy (non-hydrogen) atoms. The van der Waals surface area contributed by atoms with Crippen molar-refractivity contribution in [1.29, 1.82) is 0 Å². The number of cyclic esters (lactones) is 2. The fourth-order valence-corrected chi connectivity index (χ4v) is 5.08. The van der Waals surface area contributed by atoms with Crippen LogP contribution in [0.15, 0.2) is 48.5 Å². The molecule has 0 aromatic heterocycles. The first-order valence-electron chi connectivity index (χ1n) is 14.2. The first kappa shape index (κ1) is 30.7. The van der Waals surface area contributed by atoms with Gasteiger partial charge in [0.2, 0.25) is 6.41 Å². The van der Waals surface area contributed by atoms with E-state index in [0.717, 1.165) is 17.1 Å². The molecule has 0 bridgehead atoms. The second-order valence-electron chi connectivity index (χ2n) is 10.2. The monoisotopic (exact) mass is 610 g/mol. The lowest BCUT2D eigenvalue weighted by molar-refractivity contribution is -0.126. The number of hydrogen-bond donors (Lipinski definition) is 2. The number of nitrogens with zero attached hydrogens (tertiary/aromatic N) is 4. The minimum Gasteiger partial charge on any atom is -0.443 e. The number of carbonyl (C=O) groups excluding carboxylic acids is 5. The zero-order chi connectivity index (χ0) is 31.1. The third kappa shape index (κ3) is 7.07. The lowest BCUT2D eigenvalue weighted by Gasteiger charge is -2.27. The highest BCUT2D eigenvalue weighted by molar-refractivity contribution is 5.96. The van der Waals surface area contributed by atoms with E-state index in [2.05, 4.69) is 5.32 Å². The molecule has 15 heteroatoms. The molecule has 4 aliphatic heterocycles. The molecule has 0 aliphatic carbocycles. The van der Waals surface area contributed by atoms with Crippen molar-refractivity contribution >= 4 is 53.2 Å². The average Bonchev–Trinajstić information content (AvgIpc) is 3.62. The molecule has 0 unspecified atom stereocenters. The molecule has 15 nitrogen and oxygen atoms in total. The van der Waals surface area contributed by atoms with Crippen LogP contribution in [-0.2, 0) is 33.3 Å². The summed E-state index contributed by atoms with van der Waals surface area (Å²) in [6, 6.07) is 14.4. The van der Waals surface area contributed by atoms with Crippen molar-refractivity contribution in [1.82, 2.24) is 5.32 Å². The van der Waals surface area contributed by atoms with Crippen molar-refractivity contribution in [2.75, 3.05) is 85.3 Å². The van der Waals surface area contributed by atoms with Crippen LogP contribution < -0.4 is 30.7 Å². The average molecular weight is 611 g/mol. The Morgan fingerprint density at radius 1 is 0.682 bits per heavy atom. The molecule has 6 rings (SSSR count). The van der Waals surface area contributed by atoms with Crippen LogP contribution in [0.3, 0.4) is 0 Å². The van der Waals surface area contributed by atoms with Gasteiger partial charge in [-0.2, -0.15) is 0 Å². The quantitative estimate of drug-likeness (QED) is 0.400. The summed E-state index contributed by atoms with van der Waals surface area (Å²) in [5, 5.41) is 2.50. The molecule has 4 saturated heterocycles. The Balaban J connectivity index is 0.000000175. The SMILES string of the molecule is NC[C@H]1CN(c2ccc(N3CCOCC3=O)cc2)C(=O)O1.O=CNC[C@H]1CN(c2ccc(N3CCOCC3=O)cc2)C(=O)O1. The highest BCUT2D eigenvalue weighted by atomic mass is 16.6. The van der Waals surface area contributed by atoms with Crippen LogP contribution in [-0.4, -0.2) is 108 Å². The number of nitrogens with one attached hydrogen (secondary N) is 1. The number of nitrogens with two attached hydrogens (primary N) is 1. The predicted octanol–water partition coefficient (Wildman–Crippen LogP) is 0.455. The fraction of sp³-hybridized carbons (Fsp3) is 0.414. The third-order valence-corrected chi connectivity index (χ3v) is 7.36. The van der Waals surface area contributed by atoms with E-state index in [1.54, 1.807) is 51.1 Å². The van der Waals surface area contributed by atoms with Crippen molar-refractivity contribution < 1.29 is 42.9 Å². The summed E-state index contributed by atoms with van der Waals surface area (Å²) in [4.78, 5) is 63.9. The third-order valence-electron chi connectivity index (χ3n) is 7.36. The largest absolute Gasteiger partial charge is 0.443 e. The van der Waals surface area contributed by atoms with Crippen LogP contribution in [0.5, 0.6) is 0 Å². The molecule has 0 radical (unpaired) electrons. The van der Waals surface area contributed by atoms with E-state index in [0.29, 0.717) is 58.0 Å². The minimum atomic E-state index is -0.446. The normalized spacial score (nSPS) is 21.9. The first-order valence-corrected chi connectivity index (χ1v) is 14.2. The van der Waals surface area contributed by atoms with E-state index in [-0.39, 0.29) is 49.9 Å². The predicted molar refractivity (Wildman–Crippen MR) is 158 cm³/mol. The molecule has 234 valence electrons. The first-order chi connectivity index (χ1) is 21.4. The highest BCUT2D eigenvalue weighted by Gasteiger charge is 2.33. The Morgan fingerprint density at radius 3 is 1.48 bits per heavy atom. The molecule has 4 heterocycles. The Labute approximate surface area is 253 Å². The van der Waals surface area contributed by atoms with Gasteiger partial charge in [-0.15, -0.1) is 0 Å². The molecular weight excluding hydrogens is 576 g/mol. The summed E-state index contributed by atoms with van der Waals surface area (Å²) in [6.45, 7) is 3.71. The van der Waals surface area contributed by atoms with Crippen molar-refractivity contribution in [2.45, 2.75) is 12.2 Å². The minimum absolute atomic E-state index is 0.0576. The Morgan fingerprint density at radius 2 is 1.09 bits per heavy atom. The zero-order valence-corrected chi connectivity index (χ0v) is 24.0. The van der Waals surface area contributed by atoms with Gasteiger partial charge in [-0.3, -0.25) is 24.2 Å². The summed E-state index contributed by atoms with van der Waals surface area (Å²) in [7, 11) is 0. The van der Waals surface area contributed by atoms with E-state index < -0.39 is 6.09 Å². The number of morpholine rings is 2. The summed E-state index contributed by atoms with van der Waals surface area (Å²) in [5.41, 5.74) is 8.51. The van der Waals surface area contributed by atoms with Gasteiger partial charge >= 0.3 is 12.2 Å². The molecule has 2 aromatic carbocycles. The summed E-state index contributed by atoms with van der Waals surface area (Å²) in [6.07, 6.45) is -0.894. The van der Waals surface area contributed by atoms with Crippen molar-refractivity contribution in [3.05, 3.63) is 48.5 Å². The van der Waals surface area contributed by atoms with Gasteiger partial charge in [0.1, 0.15) is 25.4 Å². The topological polar surface area (TPSA) is 173 Å². The van der Waals surface area contributed by atoms with Gasteiger partial charge in [-0.1, -0.05) is 0 Å². The molecule has 0 spiro atoms. The van der Waals surface area contributed by atoms with Crippen molar-refractivity contribution in [3.8, 4) is 0 Å². The summed E-state index contributed by atoms with van der Waals surface area (Å²) >= 11 is 0. The number of carbonyl (C=O) groups is 5. The van der Waals surface area contributed by atoms with Gasteiger partial charge in [0.25, 0.3) is 11.8 Å². The van der Waals surface area contributed by atoms with E-state index in [9.17, 15) is 24.0 Å². The lowest BCUT2D eigenvalue weighted by atomic mass is 10.2. The van der Waals surface area contributed by atoms with Gasteiger partial charge in [0, 0.05) is 42.4 Å². The molecule has 2 atom stereocenters. The lowest BCUT2D eigenvalue weighted by Crippen LogP contribution is -2.41. The van der Waals surface area contributed by atoms with Crippen LogP contribution in [0, 0.1) is 0 Å². The van der Waals surface area contributed by atoms with Gasteiger partial charge < -0.3 is 39.8 Å². The standard InChI is InChI=1S/C15H17N3O5.C14H17N3O4/c19-10-16-7-13-8-18(15(21)23-13)12-3-1-11(2-4-12)17-5-6-22-9-14(17)20;15-7-12-8-17(14(19)21-12)11-3-1-10(2-4-11)16-5-6-20-9-13(16)18/h1-4,10,13H,5-9H2,(H,16,19);1-4,12H,5-9,15H2/t13-;12-/m00/s1. The number of rotatable bonds is 8. The van der Waals surface area contributed by atoms with Crippen molar-refractivity contribution in [2.24, 2.45) is 5.73 Å². The molecule has 2 aromatic rings. The van der Waals surface area contributed by atoms with Crippen molar-refractivity contribution in [3.63, 3.8) is 0 Å². The smallest absolute Gasteiger partial charge is 0.414 e. The molecular formula is C29H34N6O9. The molecule has 5 amide bonds. The maximum atomic E-state index is 11.9. The summed E-state index contributed by atoms with van der Waals surface area (Å²) < 4.78 is 20.5.